The Morgan fingerprint density at radius 1 is 1.35 bits per heavy atom. The second-order valence-electron chi connectivity index (χ2n) is 7.33. The van der Waals surface area contributed by atoms with Crippen molar-refractivity contribution in [3.05, 3.63) is 22.4 Å². The number of carbonyl (C=O) groups is 1. The van der Waals surface area contributed by atoms with Crippen LogP contribution in [0.15, 0.2) is 17.5 Å². The summed E-state index contributed by atoms with van der Waals surface area (Å²) in [6.07, 6.45) is 4.44. The summed E-state index contributed by atoms with van der Waals surface area (Å²) in [4.78, 5) is 15.4. The Labute approximate surface area is 146 Å². The number of nitrogens with zero attached hydrogens (tertiary/aromatic N) is 1. The van der Waals surface area contributed by atoms with Crippen LogP contribution in [0.4, 0.5) is 4.79 Å². The van der Waals surface area contributed by atoms with Crippen LogP contribution in [-0.2, 0) is 11.2 Å². The molecule has 2 aromatic rings. The van der Waals surface area contributed by atoms with Gasteiger partial charge in [0.1, 0.15) is 5.60 Å². The van der Waals surface area contributed by atoms with Crippen molar-refractivity contribution in [2.24, 2.45) is 5.92 Å². The van der Waals surface area contributed by atoms with Crippen LogP contribution in [-0.4, -0.2) is 29.7 Å². The number of ether oxygens (including phenoxy) is 1. The van der Waals surface area contributed by atoms with Crippen LogP contribution >= 0.6 is 22.7 Å². The van der Waals surface area contributed by atoms with Gasteiger partial charge in [-0.2, -0.15) is 0 Å². The van der Waals surface area contributed by atoms with Gasteiger partial charge in [-0.15, -0.1) is 22.7 Å². The summed E-state index contributed by atoms with van der Waals surface area (Å²) in [5.41, 5.74) is -0.403. The zero-order chi connectivity index (χ0) is 16.4. The standard InChI is InChI=1S/C18H25NO2S2/c1-18(2,3)21-17(20)19-9-6-13(7-10-19)4-5-15-12-14-8-11-22-16(14)23-15/h8,11-13H,4-7,9-10H2,1-3H3. The van der Waals surface area contributed by atoms with Gasteiger partial charge in [0, 0.05) is 23.4 Å². The third-order valence-electron chi connectivity index (χ3n) is 4.26. The maximum atomic E-state index is 12.1. The fraction of sp³-hybridized carbons (Fsp3) is 0.611. The SMILES string of the molecule is CC(C)(C)OC(=O)N1CCC(CCc2cc3ccsc3s2)CC1. The molecule has 1 aliphatic rings. The minimum Gasteiger partial charge on any atom is -0.444 e. The lowest BCUT2D eigenvalue weighted by molar-refractivity contribution is 0.0181. The number of fused-ring (bicyclic) bond motifs is 1. The summed E-state index contributed by atoms with van der Waals surface area (Å²) in [6.45, 7) is 7.43. The predicted molar refractivity (Wildman–Crippen MR) is 98.6 cm³/mol. The fourth-order valence-corrected chi connectivity index (χ4v) is 5.19. The van der Waals surface area contributed by atoms with Crippen LogP contribution < -0.4 is 0 Å². The Morgan fingerprint density at radius 2 is 2.09 bits per heavy atom. The molecule has 1 saturated heterocycles. The van der Waals surface area contributed by atoms with E-state index in [2.05, 4.69) is 17.5 Å². The minimum atomic E-state index is -0.403. The number of amides is 1. The number of hydrogen-bond donors (Lipinski definition) is 0. The Bertz CT molecular complexity index is 631. The first-order valence-corrected chi connectivity index (χ1v) is 10.0. The van der Waals surface area contributed by atoms with Crippen molar-refractivity contribution in [1.82, 2.24) is 4.90 Å². The molecule has 0 radical (unpaired) electrons. The van der Waals surface area contributed by atoms with E-state index in [4.69, 9.17) is 4.74 Å². The van der Waals surface area contributed by atoms with Gasteiger partial charge in [0.05, 0.1) is 4.01 Å². The number of piperidine rings is 1. The monoisotopic (exact) mass is 351 g/mol. The zero-order valence-corrected chi connectivity index (χ0v) is 15.8. The average molecular weight is 352 g/mol. The van der Waals surface area contributed by atoms with Crippen LogP contribution in [0, 0.1) is 5.92 Å². The van der Waals surface area contributed by atoms with Crippen molar-refractivity contribution in [2.45, 2.75) is 52.1 Å². The highest BCUT2D eigenvalue weighted by molar-refractivity contribution is 7.37. The van der Waals surface area contributed by atoms with Gasteiger partial charge in [-0.25, -0.2) is 4.79 Å². The van der Waals surface area contributed by atoms with Crippen molar-refractivity contribution in [1.29, 1.82) is 0 Å². The Morgan fingerprint density at radius 3 is 2.74 bits per heavy atom. The van der Waals surface area contributed by atoms with Crippen molar-refractivity contribution >= 4 is 38.2 Å². The molecule has 1 amide bonds. The molecule has 2 aromatic heterocycles. The molecule has 126 valence electrons. The molecule has 0 bridgehead atoms. The smallest absolute Gasteiger partial charge is 0.410 e. The predicted octanol–water partition coefficient (Wildman–Crippen LogP) is 5.54. The van der Waals surface area contributed by atoms with Crippen LogP contribution in [0.25, 0.3) is 9.40 Å². The summed E-state index contributed by atoms with van der Waals surface area (Å²) in [7, 11) is 0. The molecule has 1 aliphatic heterocycles. The number of likely N-dealkylation sites (tertiary alicyclic amines) is 1. The Balaban J connectivity index is 1.44. The van der Waals surface area contributed by atoms with E-state index < -0.39 is 5.60 Å². The van der Waals surface area contributed by atoms with Crippen molar-refractivity contribution < 1.29 is 9.53 Å². The van der Waals surface area contributed by atoms with Gasteiger partial charge < -0.3 is 9.64 Å². The second-order valence-corrected chi connectivity index (χ2v) is 9.64. The molecule has 0 aliphatic carbocycles. The first-order chi connectivity index (χ1) is 10.9. The largest absolute Gasteiger partial charge is 0.444 e. The van der Waals surface area contributed by atoms with Gasteiger partial charge in [0.15, 0.2) is 0 Å². The Kier molecular flexibility index (Phi) is 4.97. The van der Waals surface area contributed by atoms with Crippen molar-refractivity contribution in [2.75, 3.05) is 13.1 Å². The average Bonchev–Trinajstić information content (AvgIpc) is 3.04. The van der Waals surface area contributed by atoms with Gasteiger partial charge in [0.2, 0.25) is 0 Å². The molecule has 0 spiro atoms. The highest BCUT2D eigenvalue weighted by atomic mass is 32.2. The summed E-state index contributed by atoms with van der Waals surface area (Å²) in [5.74, 6) is 0.730. The molecule has 5 heteroatoms. The third-order valence-corrected chi connectivity index (χ3v) is 6.53. The van der Waals surface area contributed by atoms with Gasteiger partial charge in [-0.1, -0.05) is 0 Å². The molecule has 3 heterocycles. The lowest BCUT2D eigenvalue weighted by atomic mass is 9.92. The van der Waals surface area contributed by atoms with Crippen molar-refractivity contribution in [3.8, 4) is 0 Å². The van der Waals surface area contributed by atoms with E-state index in [0.29, 0.717) is 0 Å². The number of aryl methyl sites for hydroxylation is 1. The zero-order valence-electron chi connectivity index (χ0n) is 14.1. The highest BCUT2D eigenvalue weighted by Crippen LogP contribution is 2.32. The van der Waals surface area contributed by atoms with Crippen LogP contribution in [0.3, 0.4) is 0 Å². The number of hydrogen-bond acceptors (Lipinski definition) is 4. The maximum absolute atomic E-state index is 12.1. The van der Waals surface area contributed by atoms with E-state index in [1.807, 2.05) is 48.3 Å². The molecule has 23 heavy (non-hydrogen) atoms. The lowest BCUT2D eigenvalue weighted by Gasteiger charge is -2.33. The number of carbonyl (C=O) groups excluding carboxylic acids is 1. The molecule has 1 fully saturated rings. The summed E-state index contributed by atoms with van der Waals surface area (Å²) in [6, 6.07) is 4.55. The van der Waals surface area contributed by atoms with Gasteiger partial charge >= 0.3 is 6.09 Å². The highest BCUT2D eigenvalue weighted by Gasteiger charge is 2.26. The van der Waals surface area contributed by atoms with Crippen LogP contribution in [0.5, 0.6) is 0 Å². The lowest BCUT2D eigenvalue weighted by Crippen LogP contribution is -2.41. The first-order valence-electron chi connectivity index (χ1n) is 8.34. The number of thiophene rings is 2. The van der Waals surface area contributed by atoms with E-state index in [1.54, 1.807) is 0 Å². The summed E-state index contributed by atoms with van der Waals surface area (Å²) >= 11 is 3.78. The van der Waals surface area contributed by atoms with Crippen molar-refractivity contribution in [3.63, 3.8) is 0 Å². The maximum Gasteiger partial charge on any atom is 0.410 e. The Hall–Kier alpha value is -1.07. The topological polar surface area (TPSA) is 29.5 Å². The molecule has 0 N–H and O–H groups in total. The van der Waals surface area contributed by atoms with E-state index in [-0.39, 0.29) is 6.09 Å². The summed E-state index contributed by atoms with van der Waals surface area (Å²) in [5, 5.41) is 3.56. The molecule has 3 rings (SSSR count). The van der Waals surface area contributed by atoms with Gasteiger partial charge in [0.25, 0.3) is 0 Å². The van der Waals surface area contributed by atoms with E-state index in [0.717, 1.165) is 31.8 Å². The fourth-order valence-electron chi connectivity index (χ4n) is 3.02. The van der Waals surface area contributed by atoms with E-state index >= 15 is 0 Å². The normalized spacial score (nSPS) is 16.9. The van der Waals surface area contributed by atoms with E-state index in [9.17, 15) is 4.79 Å². The first kappa shape index (κ1) is 16.8. The second kappa shape index (κ2) is 6.81. The quantitative estimate of drug-likeness (QED) is 0.726. The molecule has 0 saturated carbocycles. The molecule has 0 atom stereocenters. The minimum absolute atomic E-state index is 0.158. The molecular formula is C18H25NO2S2. The van der Waals surface area contributed by atoms with Crippen LogP contribution in [0.1, 0.15) is 44.9 Å². The third kappa shape index (κ3) is 4.48. The molecule has 0 aromatic carbocycles. The molecule has 0 unspecified atom stereocenters. The summed E-state index contributed by atoms with van der Waals surface area (Å²) < 4.78 is 6.90. The van der Waals surface area contributed by atoms with Gasteiger partial charge in [-0.3, -0.25) is 0 Å². The van der Waals surface area contributed by atoms with Gasteiger partial charge in [-0.05, 0) is 69.9 Å². The molecule has 3 nitrogen and oxygen atoms in total. The van der Waals surface area contributed by atoms with E-state index in [1.165, 1.54) is 27.1 Å². The molecular weight excluding hydrogens is 326 g/mol. The number of rotatable bonds is 3. The van der Waals surface area contributed by atoms with Crippen LogP contribution in [0.2, 0.25) is 0 Å².